The molecule has 0 aromatic heterocycles. The Bertz CT molecular complexity index is 506. The van der Waals surface area contributed by atoms with Crippen molar-refractivity contribution in [1.29, 1.82) is 0 Å². The SMILES string of the molecule is Cl.NC1C2CCCC1CC(C(=O)NCCc1ccc(Cl)cc1)C2. The molecule has 0 radical (unpaired) electrons. The molecule has 128 valence electrons. The highest BCUT2D eigenvalue weighted by Crippen LogP contribution is 2.41. The number of amides is 1. The number of hydrogen-bond acceptors (Lipinski definition) is 2. The average Bonchev–Trinajstić information content (AvgIpc) is 2.49. The molecule has 2 fully saturated rings. The number of carbonyl (C=O) groups excluding carboxylic acids is 1. The zero-order chi connectivity index (χ0) is 15.5. The highest BCUT2D eigenvalue weighted by atomic mass is 35.5. The second-order valence-corrected chi connectivity index (χ2v) is 7.30. The van der Waals surface area contributed by atoms with E-state index in [1.807, 2.05) is 24.3 Å². The molecule has 3 N–H and O–H groups in total. The van der Waals surface area contributed by atoms with Crippen LogP contribution in [0.15, 0.2) is 24.3 Å². The third-order valence-corrected chi connectivity index (χ3v) is 5.66. The normalized spacial score (nSPS) is 29.5. The van der Waals surface area contributed by atoms with E-state index in [2.05, 4.69) is 5.32 Å². The van der Waals surface area contributed by atoms with Crippen molar-refractivity contribution >= 4 is 29.9 Å². The molecular weight excluding hydrogens is 331 g/mol. The first kappa shape index (κ1) is 18.6. The maximum atomic E-state index is 12.4. The van der Waals surface area contributed by atoms with Crippen molar-refractivity contribution in [3.8, 4) is 0 Å². The zero-order valence-corrected chi connectivity index (χ0v) is 14.9. The van der Waals surface area contributed by atoms with E-state index in [4.69, 9.17) is 17.3 Å². The number of hydrogen-bond donors (Lipinski definition) is 2. The zero-order valence-electron chi connectivity index (χ0n) is 13.3. The minimum absolute atomic E-state index is 0. The van der Waals surface area contributed by atoms with Gasteiger partial charge >= 0.3 is 0 Å². The molecule has 0 spiro atoms. The number of rotatable bonds is 4. The fourth-order valence-corrected chi connectivity index (χ4v) is 4.25. The maximum Gasteiger partial charge on any atom is 0.223 e. The summed E-state index contributed by atoms with van der Waals surface area (Å²) in [6.07, 6.45) is 6.49. The van der Waals surface area contributed by atoms with Crippen LogP contribution in [0.5, 0.6) is 0 Å². The third kappa shape index (κ3) is 4.62. The number of carbonyl (C=O) groups is 1. The maximum absolute atomic E-state index is 12.4. The molecule has 0 saturated heterocycles. The first-order valence-electron chi connectivity index (χ1n) is 8.41. The van der Waals surface area contributed by atoms with Gasteiger partial charge < -0.3 is 11.1 Å². The highest BCUT2D eigenvalue weighted by molar-refractivity contribution is 6.30. The Labute approximate surface area is 149 Å². The van der Waals surface area contributed by atoms with Crippen LogP contribution in [0.4, 0.5) is 0 Å². The van der Waals surface area contributed by atoms with Crippen molar-refractivity contribution in [2.75, 3.05) is 6.54 Å². The van der Waals surface area contributed by atoms with Gasteiger partial charge in [-0.05, 0) is 61.6 Å². The number of nitrogens with one attached hydrogen (secondary N) is 1. The molecule has 2 aliphatic carbocycles. The summed E-state index contributed by atoms with van der Waals surface area (Å²) >= 11 is 5.88. The molecule has 23 heavy (non-hydrogen) atoms. The lowest BCUT2D eigenvalue weighted by Gasteiger charge is -2.43. The van der Waals surface area contributed by atoms with Crippen molar-refractivity contribution in [3.05, 3.63) is 34.9 Å². The van der Waals surface area contributed by atoms with Crippen LogP contribution >= 0.6 is 24.0 Å². The van der Waals surface area contributed by atoms with Crippen LogP contribution in [0.25, 0.3) is 0 Å². The number of benzene rings is 1. The first-order valence-corrected chi connectivity index (χ1v) is 8.79. The minimum atomic E-state index is 0. The van der Waals surface area contributed by atoms with Crippen LogP contribution in [0.1, 0.15) is 37.7 Å². The van der Waals surface area contributed by atoms with E-state index in [1.165, 1.54) is 24.8 Å². The van der Waals surface area contributed by atoms with Crippen LogP contribution < -0.4 is 11.1 Å². The first-order chi connectivity index (χ1) is 10.6. The van der Waals surface area contributed by atoms with Gasteiger partial charge in [-0.25, -0.2) is 0 Å². The highest BCUT2D eigenvalue weighted by Gasteiger charge is 2.40. The van der Waals surface area contributed by atoms with Crippen molar-refractivity contribution in [1.82, 2.24) is 5.32 Å². The Morgan fingerprint density at radius 1 is 1.17 bits per heavy atom. The summed E-state index contributed by atoms with van der Waals surface area (Å²) in [7, 11) is 0. The van der Waals surface area contributed by atoms with Crippen LogP contribution in [0.2, 0.25) is 5.02 Å². The molecule has 2 bridgehead atoms. The van der Waals surface area contributed by atoms with Gasteiger partial charge in [0.05, 0.1) is 0 Å². The molecule has 1 aromatic rings. The van der Waals surface area contributed by atoms with Gasteiger partial charge in [-0.1, -0.05) is 30.2 Å². The van der Waals surface area contributed by atoms with E-state index in [9.17, 15) is 4.79 Å². The summed E-state index contributed by atoms with van der Waals surface area (Å²) in [5.41, 5.74) is 7.49. The van der Waals surface area contributed by atoms with Crippen molar-refractivity contribution < 1.29 is 4.79 Å². The molecule has 2 atom stereocenters. The van der Waals surface area contributed by atoms with E-state index in [0.29, 0.717) is 24.4 Å². The van der Waals surface area contributed by atoms with Gasteiger partial charge in [-0.2, -0.15) is 0 Å². The van der Waals surface area contributed by atoms with Crippen molar-refractivity contribution in [2.45, 2.75) is 44.6 Å². The van der Waals surface area contributed by atoms with Gasteiger partial charge in [0.25, 0.3) is 0 Å². The molecule has 2 saturated carbocycles. The molecule has 0 aliphatic heterocycles. The van der Waals surface area contributed by atoms with Crippen molar-refractivity contribution in [2.24, 2.45) is 23.5 Å². The van der Waals surface area contributed by atoms with E-state index in [0.717, 1.165) is 24.3 Å². The second kappa shape index (κ2) is 8.36. The Balaban J connectivity index is 0.00000192. The predicted molar refractivity (Wildman–Crippen MR) is 96.9 cm³/mol. The van der Waals surface area contributed by atoms with Gasteiger partial charge in [0.2, 0.25) is 5.91 Å². The monoisotopic (exact) mass is 356 g/mol. The molecule has 1 amide bonds. The molecule has 5 heteroatoms. The largest absolute Gasteiger partial charge is 0.356 e. The summed E-state index contributed by atoms with van der Waals surface area (Å²) in [5.74, 6) is 1.50. The second-order valence-electron chi connectivity index (χ2n) is 6.86. The van der Waals surface area contributed by atoms with Crippen LogP contribution in [0.3, 0.4) is 0 Å². The molecule has 2 aliphatic rings. The van der Waals surface area contributed by atoms with Gasteiger partial charge in [-0.15, -0.1) is 12.4 Å². The smallest absolute Gasteiger partial charge is 0.223 e. The van der Waals surface area contributed by atoms with Crippen LogP contribution in [-0.4, -0.2) is 18.5 Å². The lowest BCUT2D eigenvalue weighted by Crippen LogP contribution is -2.49. The van der Waals surface area contributed by atoms with Gasteiger partial charge in [0.1, 0.15) is 0 Å². The summed E-state index contributed by atoms with van der Waals surface area (Å²) in [4.78, 5) is 12.4. The fraction of sp³-hybridized carbons (Fsp3) is 0.611. The van der Waals surface area contributed by atoms with Gasteiger partial charge in [-0.3, -0.25) is 4.79 Å². The van der Waals surface area contributed by atoms with Gasteiger partial charge in [0.15, 0.2) is 0 Å². The Hall–Kier alpha value is -0.770. The van der Waals surface area contributed by atoms with E-state index >= 15 is 0 Å². The fourth-order valence-electron chi connectivity index (χ4n) is 4.13. The van der Waals surface area contributed by atoms with E-state index in [-0.39, 0.29) is 24.2 Å². The summed E-state index contributed by atoms with van der Waals surface area (Å²) < 4.78 is 0. The number of halogens is 2. The predicted octanol–water partition coefficient (Wildman–Crippen LogP) is 3.57. The minimum Gasteiger partial charge on any atom is -0.356 e. The average molecular weight is 357 g/mol. The van der Waals surface area contributed by atoms with Crippen LogP contribution in [0, 0.1) is 17.8 Å². The molecular formula is C18H26Cl2N2O. The molecule has 0 heterocycles. The quantitative estimate of drug-likeness (QED) is 0.866. The molecule has 3 nitrogen and oxygen atoms in total. The Morgan fingerprint density at radius 2 is 1.78 bits per heavy atom. The standard InChI is InChI=1S/C18H25ClN2O.ClH/c19-16-6-4-12(5-7-16)8-9-21-18(22)15-10-13-2-1-3-14(11-15)17(13)20;/h4-7,13-15,17H,1-3,8-11,20H2,(H,21,22);1H. The number of fused-ring (bicyclic) bond motifs is 2. The molecule has 3 rings (SSSR count). The van der Waals surface area contributed by atoms with Crippen LogP contribution in [-0.2, 0) is 11.2 Å². The number of nitrogens with two attached hydrogens (primary N) is 1. The third-order valence-electron chi connectivity index (χ3n) is 5.41. The van der Waals surface area contributed by atoms with Gasteiger partial charge in [0, 0.05) is 23.5 Å². The van der Waals surface area contributed by atoms with Crippen molar-refractivity contribution in [3.63, 3.8) is 0 Å². The summed E-state index contributed by atoms with van der Waals surface area (Å²) in [5, 5.41) is 3.85. The Morgan fingerprint density at radius 3 is 2.39 bits per heavy atom. The molecule has 2 unspecified atom stereocenters. The lowest BCUT2D eigenvalue weighted by molar-refractivity contribution is -0.127. The van der Waals surface area contributed by atoms with E-state index in [1.54, 1.807) is 0 Å². The summed E-state index contributed by atoms with van der Waals surface area (Å²) in [6, 6.07) is 8.13. The Kier molecular flexibility index (Phi) is 6.75. The topological polar surface area (TPSA) is 55.1 Å². The lowest BCUT2D eigenvalue weighted by atomic mass is 9.65. The molecule has 1 aromatic carbocycles. The summed E-state index contributed by atoms with van der Waals surface area (Å²) in [6.45, 7) is 0.693. The van der Waals surface area contributed by atoms with E-state index < -0.39 is 0 Å².